The predicted molar refractivity (Wildman–Crippen MR) is 82.5 cm³/mol. The Morgan fingerprint density at radius 1 is 1.23 bits per heavy atom. The first-order valence-electron chi connectivity index (χ1n) is 7.58. The van der Waals surface area contributed by atoms with Gasteiger partial charge in [0.1, 0.15) is 5.82 Å². The largest absolute Gasteiger partial charge is 0.339 e. The van der Waals surface area contributed by atoms with Crippen molar-refractivity contribution in [2.24, 2.45) is 5.92 Å². The van der Waals surface area contributed by atoms with Crippen molar-refractivity contribution >= 4 is 22.7 Å². The molecule has 0 atom stereocenters. The lowest BCUT2D eigenvalue weighted by atomic mass is 9.98. The van der Waals surface area contributed by atoms with E-state index in [1.807, 2.05) is 0 Å². The molecule has 1 amide bonds. The normalized spacial score (nSPS) is 16.2. The summed E-state index contributed by atoms with van der Waals surface area (Å²) in [7, 11) is 0. The molecule has 0 radical (unpaired) electrons. The van der Waals surface area contributed by atoms with Gasteiger partial charge >= 0.3 is 0 Å². The molecule has 0 aliphatic carbocycles. The minimum absolute atomic E-state index is 0.123. The average Bonchev–Trinajstić information content (AvgIpc) is 2.86. The molecule has 116 valence electrons. The first kappa shape index (κ1) is 14.8. The number of likely N-dealkylation sites (tertiary alicyclic amines) is 1. The van der Waals surface area contributed by atoms with Crippen LogP contribution >= 0.6 is 0 Å². The van der Waals surface area contributed by atoms with E-state index < -0.39 is 5.82 Å². The molecule has 0 unspecified atom stereocenters. The minimum Gasteiger partial charge on any atom is -0.339 e. The van der Waals surface area contributed by atoms with Gasteiger partial charge in [0.25, 0.3) is 5.91 Å². The molecule has 0 saturated carbocycles. The van der Waals surface area contributed by atoms with Crippen LogP contribution in [0.25, 0.3) is 10.9 Å². The molecule has 0 spiro atoms. The third kappa shape index (κ3) is 2.51. The van der Waals surface area contributed by atoms with Crippen LogP contribution in [0.1, 0.15) is 41.8 Å². The lowest BCUT2D eigenvalue weighted by Gasteiger charge is -2.30. The van der Waals surface area contributed by atoms with Crippen molar-refractivity contribution in [1.29, 1.82) is 0 Å². The third-order valence-electron chi connectivity index (χ3n) is 4.41. The van der Waals surface area contributed by atoms with E-state index in [0.29, 0.717) is 35.5 Å². The average molecular weight is 302 g/mol. The molecule has 22 heavy (non-hydrogen) atoms. The third-order valence-corrected chi connectivity index (χ3v) is 4.41. The highest BCUT2D eigenvalue weighted by Crippen LogP contribution is 2.26. The molecule has 1 aromatic carbocycles. The molecule has 1 aliphatic rings. The molecule has 1 fully saturated rings. The Labute approximate surface area is 128 Å². The van der Waals surface area contributed by atoms with Crippen LogP contribution in [0.4, 0.5) is 4.39 Å². The molecular formula is C17H19FN2O2. The fourth-order valence-corrected chi connectivity index (χ4v) is 3.02. The van der Waals surface area contributed by atoms with Crippen molar-refractivity contribution in [3.8, 4) is 0 Å². The standard InChI is InChI=1S/C17H19FN2O2/c1-11-5-7-19(8-6-11)17(22)15-10-20(12(2)21)16-4-3-13(18)9-14(15)16/h3-4,9-11H,5-8H2,1-2H3. The SMILES string of the molecule is CC(=O)n1cc(C(=O)N2CCC(C)CC2)c2cc(F)ccc21. The maximum absolute atomic E-state index is 13.6. The Bertz CT molecular complexity index is 742. The molecule has 0 bridgehead atoms. The smallest absolute Gasteiger partial charge is 0.256 e. The van der Waals surface area contributed by atoms with Crippen molar-refractivity contribution in [2.45, 2.75) is 26.7 Å². The van der Waals surface area contributed by atoms with Crippen molar-refractivity contribution in [2.75, 3.05) is 13.1 Å². The second-order valence-corrected chi connectivity index (χ2v) is 6.07. The van der Waals surface area contributed by atoms with Gasteiger partial charge in [0.15, 0.2) is 0 Å². The lowest BCUT2D eigenvalue weighted by Crippen LogP contribution is -2.37. The summed E-state index contributed by atoms with van der Waals surface area (Å²) >= 11 is 0. The molecule has 5 heteroatoms. The van der Waals surface area contributed by atoms with Gasteiger partial charge in [-0.2, -0.15) is 0 Å². The topological polar surface area (TPSA) is 42.3 Å². The van der Waals surface area contributed by atoms with Crippen LogP contribution in [-0.4, -0.2) is 34.4 Å². The molecule has 3 rings (SSSR count). The number of benzene rings is 1. The molecule has 1 aliphatic heterocycles. The van der Waals surface area contributed by atoms with Gasteiger partial charge < -0.3 is 4.90 Å². The van der Waals surface area contributed by atoms with Crippen molar-refractivity contribution in [1.82, 2.24) is 9.47 Å². The summed E-state index contributed by atoms with van der Waals surface area (Å²) < 4.78 is 15.0. The van der Waals surface area contributed by atoms with Crippen LogP contribution < -0.4 is 0 Å². The summed E-state index contributed by atoms with van der Waals surface area (Å²) in [6, 6.07) is 4.17. The quantitative estimate of drug-likeness (QED) is 0.811. The van der Waals surface area contributed by atoms with Gasteiger partial charge in [0.2, 0.25) is 5.91 Å². The van der Waals surface area contributed by atoms with Gasteiger partial charge in [-0.15, -0.1) is 0 Å². The first-order valence-corrected chi connectivity index (χ1v) is 7.58. The summed E-state index contributed by atoms with van der Waals surface area (Å²) in [4.78, 5) is 26.3. The maximum atomic E-state index is 13.6. The van der Waals surface area contributed by atoms with Crippen molar-refractivity contribution in [3.05, 3.63) is 35.8 Å². The number of hydrogen-bond donors (Lipinski definition) is 0. The second-order valence-electron chi connectivity index (χ2n) is 6.07. The molecule has 1 aromatic heterocycles. The van der Waals surface area contributed by atoms with Gasteiger partial charge in [-0.25, -0.2) is 4.39 Å². The predicted octanol–water partition coefficient (Wildman–Crippen LogP) is 3.31. The van der Waals surface area contributed by atoms with E-state index in [0.717, 1.165) is 12.8 Å². The van der Waals surface area contributed by atoms with E-state index in [1.54, 1.807) is 11.0 Å². The Morgan fingerprint density at radius 2 is 1.91 bits per heavy atom. The highest BCUT2D eigenvalue weighted by Gasteiger charge is 2.25. The Balaban J connectivity index is 2.04. The maximum Gasteiger partial charge on any atom is 0.256 e. The Kier molecular flexibility index (Phi) is 3.72. The minimum atomic E-state index is -0.407. The number of carbonyl (C=O) groups is 2. The molecule has 2 heterocycles. The number of rotatable bonds is 1. The number of piperidine rings is 1. The summed E-state index contributed by atoms with van der Waals surface area (Å²) in [6.07, 6.45) is 3.49. The van der Waals surface area contributed by atoms with Gasteiger partial charge in [-0.1, -0.05) is 6.92 Å². The van der Waals surface area contributed by atoms with Crippen LogP contribution in [0.15, 0.2) is 24.4 Å². The van der Waals surface area contributed by atoms with Crippen LogP contribution in [0, 0.1) is 11.7 Å². The fraction of sp³-hybridized carbons (Fsp3) is 0.412. The number of aromatic nitrogens is 1. The zero-order chi connectivity index (χ0) is 15.9. The summed E-state index contributed by atoms with van der Waals surface area (Å²) in [5.41, 5.74) is 0.974. The molecule has 1 saturated heterocycles. The zero-order valence-corrected chi connectivity index (χ0v) is 12.8. The van der Waals surface area contributed by atoms with Crippen LogP contribution in [-0.2, 0) is 0 Å². The number of fused-ring (bicyclic) bond motifs is 1. The van der Waals surface area contributed by atoms with Crippen LogP contribution in [0.3, 0.4) is 0 Å². The first-order chi connectivity index (χ1) is 10.5. The van der Waals surface area contributed by atoms with Crippen LogP contribution in [0.2, 0.25) is 0 Å². The number of halogens is 1. The number of hydrogen-bond acceptors (Lipinski definition) is 2. The van der Waals surface area contributed by atoms with Gasteiger partial charge in [0, 0.05) is 31.6 Å². The molecular weight excluding hydrogens is 283 g/mol. The highest BCUT2D eigenvalue weighted by molar-refractivity contribution is 6.09. The molecule has 4 nitrogen and oxygen atoms in total. The van der Waals surface area contributed by atoms with E-state index in [-0.39, 0.29) is 11.8 Å². The van der Waals surface area contributed by atoms with E-state index >= 15 is 0 Å². The summed E-state index contributed by atoms with van der Waals surface area (Å²) in [5, 5.41) is 0.499. The van der Waals surface area contributed by atoms with E-state index in [9.17, 15) is 14.0 Å². The van der Waals surface area contributed by atoms with Gasteiger partial charge in [0.05, 0.1) is 11.1 Å². The lowest BCUT2D eigenvalue weighted by molar-refractivity contribution is 0.0699. The Hall–Kier alpha value is -2.17. The van der Waals surface area contributed by atoms with Crippen molar-refractivity contribution in [3.63, 3.8) is 0 Å². The zero-order valence-electron chi connectivity index (χ0n) is 12.8. The monoisotopic (exact) mass is 302 g/mol. The van der Waals surface area contributed by atoms with E-state index in [1.165, 1.54) is 29.8 Å². The number of carbonyl (C=O) groups excluding carboxylic acids is 2. The fourth-order valence-electron chi connectivity index (χ4n) is 3.02. The van der Waals surface area contributed by atoms with Crippen molar-refractivity contribution < 1.29 is 14.0 Å². The number of nitrogens with zero attached hydrogens (tertiary/aromatic N) is 2. The second kappa shape index (κ2) is 5.55. The highest BCUT2D eigenvalue weighted by atomic mass is 19.1. The number of amides is 1. The summed E-state index contributed by atoms with van der Waals surface area (Å²) in [6.45, 7) is 5.03. The Morgan fingerprint density at radius 3 is 2.55 bits per heavy atom. The van der Waals surface area contributed by atoms with Gasteiger partial charge in [-0.3, -0.25) is 14.2 Å². The van der Waals surface area contributed by atoms with E-state index in [4.69, 9.17) is 0 Å². The van der Waals surface area contributed by atoms with Gasteiger partial charge in [-0.05, 0) is 37.0 Å². The summed E-state index contributed by atoms with van der Waals surface area (Å²) in [5.74, 6) is -0.0967. The van der Waals surface area contributed by atoms with E-state index in [2.05, 4.69) is 6.92 Å². The van der Waals surface area contributed by atoms with Crippen LogP contribution in [0.5, 0.6) is 0 Å². The molecule has 0 N–H and O–H groups in total. The molecule has 2 aromatic rings.